The fraction of sp³-hybridized carbons (Fsp3) is 0.429. The fourth-order valence-corrected chi connectivity index (χ4v) is 2.87. The zero-order valence-electron chi connectivity index (χ0n) is 9.29. The van der Waals surface area contributed by atoms with Crippen LogP contribution in [0, 0.1) is 12.3 Å². The van der Waals surface area contributed by atoms with Gasteiger partial charge in [0.2, 0.25) is 0 Å². The van der Waals surface area contributed by atoms with E-state index in [-0.39, 0.29) is 11.5 Å². The maximum atomic E-state index is 5.90. The summed E-state index contributed by atoms with van der Waals surface area (Å²) in [5.41, 5.74) is 4.38. The maximum Gasteiger partial charge on any atom is 0.0923 e. The molecule has 2 aliphatic rings. The summed E-state index contributed by atoms with van der Waals surface area (Å²) in [5, 5.41) is 0. The van der Waals surface area contributed by atoms with Crippen molar-refractivity contribution in [3.8, 4) is 0 Å². The molecule has 1 heteroatoms. The molecular formula is C14H16O. The third kappa shape index (κ3) is 1.26. The molecule has 1 nitrogen and oxygen atoms in total. The largest absolute Gasteiger partial charge is 0.369 e. The number of ether oxygens (including phenoxy) is 1. The van der Waals surface area contributed by atoms with E-state index in [0.29, 0.717) is 0 Å². The van der Waals surface area contributed by atoms with Crippen molar-refractivity contribution in [3.05, 3.63) is 47.0 Å². The quantitative estimate of drug-likeness (QED) is 0.584. The van der Waals surface area contributed by atoms with Crippen LogP contribution in [0.25, 0.3) is 0 Å². The van der Waals surface area contributed by atoms with Gasteiger partial charge >= 0.3 is 0 Å². The molecule has 0 saturated heterocycles. The molecule has 0 radical (unpaired) electrons. The second kappa shape index (κ2) is 2.96. The van der Waals surface area contributed by atoms with Crippen LogP contribution in [0.15, 0.2) is 30.4 Å². The van der Waals surface area contributed by atoms with Crippen molar-refractivity contribution in [2.75, 3.05) is 6.61 Å². The van der Waals surface area contributed by atoms with Crippen molar-refractivity contribution < 1.29 is 4.74 Å². The molecule has 1 aromatic rings. The molecular weight excluding hydrogens is 184 g/mol. The zero-order valence-corrected chi connectivity index (χ0v) is 9.29. The summed E-state index contributed by atoms with van der Waals surface area (Å²) >= 11 is 0. The standard InChI is InChI=1S/C14H16O/c1-10-4-5-11-9-14(2)6-3-7-15-13(14)12(11)8-10/h3-6,8,13H,7,9H2,1-2H3/t13-,14-/m0/s1. The summed E-state index contributed by atoms with van der Waals surface area (Å²) in [6, 6.07) is 6.74. The molecule has 0 N–H and O–H groups in total. The highest BCUT2D eigenvalue weighted by atomic mass is 16.5. The Kier molecular flexibility index (Phi) is 1.81. The Bertz CT molecular complexity index is 433. The van der Waals surface area contributed by atoms with Crippen molar-refractivity contribution in [2.45, 2.75) is 26.4 Å². The monoisotopic (exact) mass is 200 g/mol. The van der Waals surface area contributed by atoms with E-state index in [2.05, 4.69) is 44.2 Å². The van der Waals surface area contributed by atoms with Crippen LogP contribution in [0.5, 0.6) is 0 Å². The Morgan fingerprint density at radius 3 is 3.13 bits per heavy atom. The number of hydrogen-bond acceptors (Lipinski definition) is 1. The molecule has 3 rings (SSSR count). The minimum absolute atomic E-state index is 0.189. The van der Waals surface area contributed by atoms with Crippen molar-refractivity contribution in [1.29, 1.82) is 0 Å². The molecule has 0 unspecified atom stereocenters. The molecule has 78 valence electrons. The normalized spacial score (nSPS) is 32.5. The Hall–Kier alpha value is -1.08. The second-order valence-electron chi connectivity index (χ2n) is 5.00. The Labute approximate surface area is 90.8 Å². The molecule has 1 aliphatic carbocycles. The van der Waals surface area contributed by atoms with E-state index in [4.69, 9.17) is 4.74 Å². The molecule has 0 bridgehead atoms. The summed E-state index contributed by atoms with van der Waals surface area (Å²) < 4.78 is 5.90. The van der Waals surface area contributed by atoms with Gasteiger partial charge < -0.3 is 4.74 Å². The minimum atomic E-state index is 0.189. The van der Waals surface area contributed by atoms with Gasteiger partial charge in [-0.2, -0.15) is 0 Å². The van der Waals surface area contributed by atoms with E-state index < -0.39 is 0 Å². The van der Waals surface area contributed by atoms with E-state index in [0.717, 1.165) is 13.0 Å². The highest BCUT2D eigenvalue weighted by Gasteiger charge is 2.42. The molecule has 1 aromatic carbocycles. The van der Waals surface area contributed by atoms with Crippen LogP contribution in [0.3, 0.4) is 0 Å². The SMILES string of the molecule is Cc1ccc2c(c1)[C@@H]1OCC=C[C@@]1(C)C2. The molecule has 15 heavy (non-hydrogen) atoms. The summed E-state index contributed by atoms with van der Waals surface area (Å²) in [5.74, 6) is 0. The fourth-order valence-electron chi connectivity index (χ4n) is 2.87. The van der Waals surface area contributed by atoms with Crippen molar-refractivity contribution in [3.63, 3.8) is 0 Å². The van der Waals surface area contributed by atoms with Crippen LogP contribution in [0.2, 0.25) is 0 Å². The molecule has 1 heterocycles. The van der Waals surface area contributed by atoms with Gasteiger partial charge in [-0.25, -0.2) is 0 Å². The third-order valence-corrected chi connectivity index (χ3v) is 3.61. The molecule has 0 spiro atoms. The summed E-state index contributed by atoms with van der Waals surface area (Å²) in [4.78, 5) is 0. The lowest BCUT2D eigenvalue weighted by Gasteiger charge is -2.31. The highest BCUT2D eigenvalue weighted by Crippen LogP contribution is 2.50. The van der Waals surface area contributed by atoms with Gasteiger partial charge in [0.25, 0.3) is 0 Å². The molecule has 0 fully saturated rings. The highest BCUT2D eigenvalue weighted by molar-refractivity contribution is 5.42. The molecule has 0 saturated carbocycles. The molecule has 0 amide bonds. The summed E-state index contributed by atoms with van der Waals surface area (Å²) in [6.07, 6.45) is 5.87. The molecule has 2 atom stereocenters. The van der Waals surface area contributed by atoms with Crippen LogP contribution in [-0.2, 0) is 11.2 Å². The van der Waals surface area contributed by atoms with E-state index in [1.165, 1.54) is 16.7 Å². The number of aryl methyl sites for hydroxylation is 1. The van der Waals surface area contributed by atoms with Gasteiger partial charge in [-0.1, -0.05) is 42.8 Å². The maximum absolute atomic E-state index is 5.90. The van der Waals surface area contributed by atoms with Gasteiger partial charge in [-0.05, 0) is 24.5 Å². The van der Waals surface area contributed by atoms with Gasteiger partial charge in [-0.15, -0.1) is 0 Å². The Morgan fingerprint density at radius 2 is 2.27 bits per heavy atom. The second-order valence-corrected chi connectivity index (χ2v) is 5.00. The van der Waals surface area contributed by atoms with Crippen LogP contribution in [0.4, 0.5) is 0 Å². The average Bonchev–Trinajstić information content (AvgIpc) is 2.50. The van der Waals surface area contributed by atoms with Crippen LogP contribution in [-0.4, -0.2) is 6.61 Å². The van der Waals surface area contributed by atoms with Gasteiger partial charge in [-0.3, -0.25) is 0 Å². The Balaban J connectivity index is 2.13. The summed E-state index contributed by atoms with van der Waals surface area (Å²) in [7, 11) is 0. The predicted octanol–water partition coefficient (Wildman–Crippen LogP) is 3.18. The van der Waals surface area contributed by atoms with Gasteiger partial charge in [0.05, 0.1) is 12.7 Å². The lowest BCUT2D eigenvalue weighted by Crippen LogP contribution is -2.25. The lowest BCUT2D eigenvalue weighted by atomic mass is 9.83. The molecule has 0 aromatic heterocycles. The van der Waals surface area contributed by atoms with Crippen LogP contribution in [0.1, 0.15) is 29.7 Å². The van der Waals surface area contributed by atoms with E-state index >= 15 is 0 Å². The number of rotatable bonds is 0. The third-order valence-electron chi connectivity index (χ3n) is 3.61. The number of benzene rings is 1. The van der Waals surface area contributed by atoms with Crippen molar-refractivity contribution >= 4 is 0 Å². The zero-order chi connectivity index (χ0) is 10.5. The lowest BCUT2D eigenvalue weighted by molar-refractivity contribution is 0.000187. The first kappa shape index (κ1) is 9.17. The topological polar surface area (TPSA) is 9.23 Å². The predicted molar refractivity (Wildman–Crippen MR) is 60.8 cm³/mol. The average molecular weight is 200 g/mol. The Morgan fingerprint density at radius 1 is 1.40 bits per heavy atom. The van der Waals surface area contributed by atoms with E-state index in [9.17, 15) is 0 Å². The minimum Gasteiger partial charge on any atom is -0.369 e. The number of fused-ring (bicyclic) bond motifs is 3. The molecule has 1 aliphatic heterocycles. The van der Waals surface area contributed by atoms with E-state index in [1.807, 2.05) is 0 Å². The van der Waals surface area contributed by atoms with E-state index in [1.54, 1.807) is 0 Å². The van der Waals surface area contributed by atoms with Crippen molar-refractivity contribution in [1.82, 2.24) is 0 Å². The first-order valence-electron chi connectivity index (χ1n) is 5.58. The smallest absolute Gasteiger partial charge is 0.0923 e. The van der Waals surface area contributed by atoms with Gasteiger partial charge in [0.15, 0.2) is 0 Å². The first-order chi connectivity index (χ1) is 7.19. The van der Waals surface area contributed by atoms with Gasteiger partial charge in [0.1, 0.15) is 0 Å². The van der Waals surface area contributed by atoms with Crippen LogP contribution < -0.4 is 0 Å². The first-order valence-corrected chi connectivity index (χ1v) is 5.58. The number of hydrogen-bond donors (Lipinski definition) is 0. The van der Waals surface area contributed by atoms with Crippen LogP contribution >= 0.6 is 0 Å². The summed E-state index contributed by atoms with van der Waals surface area (Å²) in [6.45, 7) is 5.20. The van der Waals surface area contributed by atoms with Crippen molar-refractivity contribution in [2.24, 2.45) is 5.41 Å². The van der Waals surface area contributed by atoms with Gasteiger partial charge in [0, 0.05) is 5.41 Å².